The van der Waals surface area contributed by atoms with Crippen LogP contribution in [-0.2, 0) is 4.79 Å². The SMILES string of the molecule is CC(=O)NC(=O)c1cc(F)cnc1Cl. The van der Waals surface area contributed by atoms with Crippen molar-refractivity contribution in [1.82, 2.24) is 10.3 Å². The van der Waals surface area contributed by atoms with E-state index in [0.29, 0.717) is 0 Å². The fraction of sp³-hybridized carbons (Fsp3) is 0.125. The summed E-state index contributed by atoms with van der Waals surface area (Å²) < 4.78 is 12.7. The van der Waals surface area contributed by atoms with E-state index >= 15 is 0 Å². The number of carbonyl (C=O) groups excluding carboxylic acids is 2. The van der Waals surface area contributed by atoms with Crippen molar-refractivity contribution >= 4 is 23.4 Å². The number of aromatic nitrogens is 1. The minimum atomic E-state index is -0.769. The van der Waals surface area contributed by atoms with E-state index in [0.717, 1.165) is 12.3 Å². The van der Waals surface area contributed by atoms with Crippen molar-refractivity contribution in [3.63, 3.8) is 0 Å². The van der Waals surface area contributed by atoms with Gasteiger partial charge in [-0.05, 0) is 6.07 Å². The first kappa shape index (κ1) is 10.6. The van der Waals surface area contributed by atoms with E-state index in [2.05, 4.69) is 4.98 Å². The summed E-state index contributed by atoms with van der Waals surface area (Å²) in [5, 5.41) is 1.81. The molecule has 6 heteroatoms. The molecular weight excluding hydrogens is 211 g/mol. The zero-order valence-corrected chi connectivity index (χ0v) is 7.93. The molecule has 0 spiro atoms. The third-order valence-corrected chi connectivity index (χ3v) is 1.64. The summed E-state index contributed by atoms with van der Waals surface area (Å²) in [6.45, 7) is 1.17. The number of pyridine rings is 1. The molecule has 0 saturated heterocycles. The Morgan fingerprint density at radius 2 is 2.21 bits per heavy atom. The molecule has 1 rings (SSSR count). The highest BCUT2D eigenvalue weighted by Crippen LogP contribution is 2.13. The number of halogens is 2. The Morgan fingerprint density at radius 1 is 1.57 bits per heavy atom. The molecule has 0 aliphatic rings. The lowest BCUT2D eigenvalue weighted by Crippen LogP contribution is -2.28. The maximum absolute atomic E-state index is 12.7. The minimum absolute atomic E-state index is 0.148. The van der Waals surface area contributed by atoms with Gasteiger partial charge in [-0.2, -0.15) is 0 Å². The molecule has 1 aromatic rings. The normalized spacial score (nSPS) is 9.64. The van der Waals surface area contributed by atoms with Crippen LogP contribution in [-0.4, -0.2) is 16.8 Å². The highest BCUT2D eigenvalue weighted by atomic mass is 35.5. The van der Waals surface area contributed by atoms with Gasteiger partial charge >= 0.3 is 0 Å². The molecule has 0 radical (unpaired) electrons. The van der Waals surface area contributed by atoms with Crippen molar-refractivity contribution in [1.29, 1.82) is 0 Å². The van der Waals surface area contributed by atoms with Crippen LogP contribution in [0.1, 0.15) is 17.3 Å². The quantitative estimate of drug-likeness (QED) is 0.717. The molecule has 0 saturated carbocycles. The van der Waals surface area contributed by atoms with Crippen LogP contribution in [0.25, 0.3) is 0 Å². The molecule has 0 aromatic carbocycles. The maximum atomic E-state index is 12.7. The number of imide groups is 1. The number of rotatable bonds is 1. The first-order valence-electron chi connectivity index (χ1n) is 3.63. The summed E-state index contributed by atoms with van der Waals surface area (Å²) in [6.07, 6.45) is 0.882. The second-order valence-electron chi connectivity index (χ2n) is 2.50. The lowest BCUT2D eigenvalue weighted by molar-refractivity contribution is -0.118. The number of hydrogen-bond donors (Lipinski definition) is 1. The third kappa shape index (κ3) is 2.50. The van der Waals surface area contributed by atoms with Crippen LogP contribution in [0.3, 0.4) is 0 Å². The molecule has 1 heterocycles. The second-order valence-corrected chi connectivity index (χ2v) is 2.86. The van der Waals surface area contributed by atoms with Gasteiger partial charge in [0.15, 0.2) is 0 Å². The zero-order chi connectivity index (χ0) is 10.7. The number of hydrogen-bond acceptors (Lipinski definition) is 3. The van der Waals surface area contributed by atoms with Gasteiger partial charge in [0.2, 0.25) is 5.91 Å². The molecule has 0 aliphatic carbocycles. The summed E-state index contributed by atoms with van der Waals surface area (Å²) >= 11 is 5.52. The van der Waals surface area contributed by atoms with Crippen LogP contribution in [0, 0.1) is 5.82 Å². The molecule has 1 N–H and O–H groups in total. The molecule has 14 heavy (non-hydrogen) atoms. The van der Waals surface area contributed by atoms with Gasteiger partial charge in [0.05, 0.1) is 11.8 Å². The predicted octanol–water partition coefficient (Wildman–Crippen LogP) is 1.15. The monoisotopic (exact) mass is 216 g/mol. The molecular formula is C8H6ClFN2O2. The van der Waals surface area contributed by atoms with Crippen molar-refractivity contribution in [2.75, 3.05) is 0 Å². The Kier molecular flexibility index (Phi) is 3.14. The average Bonchev–Trinajstić information content (AvgIpc) is 2.08. The van der Waals surface area contributed by atoms with Crippen molar-refractivity contribution in [3.05, 3.63) is 28.8 Å². The molecule has 1 aromatic heterocycles. The second kappa shape index (κ2) is 4.15. The maximum Gasteiger partial charge on any atom is 0.261 e. The molecule has 2 amide bonds. The van der Waals surface area contributed by atoms with E-state index in [-0.39, 0.29) is 10.7 Å². The smallest absolute Gasteiger partial charge is 0.261 e. The molecule has 0 unspecified atom stereocenters. The van der Waals surface area contributed by atoms with Crippen LogP contribution in [0.2, 0.25) is 5.15 Å². The van der Waals surface area contributed by atoms with Crippen LogP contribution >= 0.6 is 11.6 Å². The lowest BCUT2D eigenvalue weighted by Gasteiger charge is -2.02. The Balaban J connectivity index is 3.00. The fourth-order valence-corrected chi connectivity index (χ4v) is 0.998. The number of amides is 2. The van der Waals surface area contributed by atoms with E-state index in [1.807, 2.05) is 5.32 Å². The van der Waals surface area contributed by atoms with E-state index in [1.165, 1.54) is 6.92 Å². The standard InChI is InChI=1S/C8H6ClFN2O2/c1-4(13)12-8(14)6-2-5(10)3-11-7(6)9/h2-3H,1H3,(H,12,13,14). The molecule has 0 fully saturated rings. The fourth-order valence-electron chi connectivity index (χ4n) is 0.809. The minimum Gasteiger partial charge on any atom is -0.292 e. The summed E-state index contributed by atoms with van der Waals surface area (Å²) in [5.74, 6) is -2.01. The number of nitrogens with one attached hydrogen (secondary N) is 1. The predicted molar refractivity (Wildman–Crippen MR) is 47.4 cm³/mol. The van der Waals surface area contributed by atoms with E-state index in [1.54, 1.807) is 0 Å². The summed E-state index contributed by atoms with van der Waals surface area (Å²) in [4.78, 5) is 25.2. The summed E-state index contributed by atoms with van der Waals surface area (Å²) in [5.41, 5.74) is -0.165. The Labute approximate surface area is 84.1 Å². The van der Waals surface area contributed by atoms with Crippen molar-refractivity contribution in [2.45, 2.75) is 6.92 Å². The highest BCUT2D eigenvalue weighted by Gasteiger charge is 2.13. The van der Waals surface area contributed by atoms with E-state index in [4.69, 9.17) is 11.6 Å². The number of nitrogens with zero attached hydrogens (tertiary/aromatic N) is 1. The van der Waals surface area contributed by atoms with Gasteiger partial charge in [0.25, 0.3) is 5.91 Å². The Morgan fingerprint density at radius 3 is 2.79 bits per heavy atom. The van der Waals surface area contributed by atoms with Gasteiger partial charge in [-0.3, -0.25) is 14.9 Å². The molecule has 74 valence electrons. The Hall–Kier alpha value is -1.49. The lowest BCUT2D eigenvalue weighted by atomic mass is 10.2. The molecule has 0 aliphatic heterocycles. The average molecular weight is 217 g/mol. The van der Waals surface area contributed by atoms with Crippen LogP contribution in [0.5, 0.6) is 0 Å². The van der Waals surface area contributed by atoms with Crippen molar-refractivity contribution in [3.8, 4) is 0 Å². The highest BCUT2D eigenvalue weighted by molar-refractivity contribution is 6.33. The first-order valence-corrected chi connectivity index (χ1v) is 4.01. The van der Waals surface area contributed by atoms with Crippen LogP contribution in [0.4, 0.5) is 4.39 Å². The van der Waals surface area contributed by atoms with Crippen LogP contribution < -0.4 is 5.32 Å². The molecule has 0 bridgehead atoms. The van der Waals surface area contributed by atoms with Crippen molar-refractivity contribution < 1.29 is 14.0 Å². The van der Waals surface area contributed by atoms with Gasteiger partial charge in [0, 0.05) is 6.92 Å². The summed E-state index contributed by atoms with van der Waals surface area (Å²) in [7, 11) is 0. The molecule has 4 nitrogen and oxygen atoms in total. The van der Waals surface area contributed by atoms with Crippen molar-refractivity contribution in [2.24, 2.45) is 0 Å². The van der Waals surface area contributed by atoms with Gasteiger partial charge in [-0.15, -0.1) is 0 Å². The van der Waals surface area contributed by atoms with Crippen LogP contribution in [0.15, 0.2) is 12.3 Å². The molecule has 0 atom stereocenters. The van der Waals surface area contributed by atoms with E-state index < -0.39 is 17.6 Å². The number of carbonyl (C=O) groups is 2. The van der Waals surface area contributed by atoms with E-state index in [9.17, 15) is 14.0 Å². The summed E-state index contributed by atoms with van der Waals surface area (Å²) in [6, 6.07) is 0.910. The zero-order valence-electron chi connectivity index (χ0n) is 7.17. The van der Waals surface area contributed by atoms with Gasteiger partial charge in [0.1, 0.15) is 11.0 Å². The van der Waals surface area contributed by atoms with Gasteiger partial charge in [-0.1, -0.05) is 11.6 Å². The third-order valence-electron chi connectivity index (χ3n) is 1.34. The van der Waals surface area contributed by atoms with Gasteiger partial charge in [-0.25, -0.2) is 9.37 Å². The topological polar surface area (TPSA) is 59.1 Å². The largest absolute Gasteiger partial charge is 0.292 e. The Bertz CT molecular complexity index is 395. The first-order chi connectivity index (χ1) is 6.50. The van der Waals surface area contributed by atoms with Gasteiger partial charge < -0.3 is 0 Å².